The predicted molar refractivity (Wildman–Crippen MR) is 84.6 cm³/mol. The number of anilines is 2. The quantitative estimate of drug-likeness (QED) is 0.760. The van der Waals surface area contributed by atoms with Crippen LogP contribution in [0.5, 0.6) is 0 Å². The molecule has 0 bridgehead atoms. The molecule has 4 N–H and O–H groups in total. The molecule has 7 heteroatoms. The van der Waals surface area contributed by atoms with Gasteiger partial charge in [0, 0.05) is 17.8 Å². The third-order valence-electron chi connectivity index (χ3n) is 3.72. The van der Waals surface area contributed by atoms with E-state index in [1.54, 1.807) is 0 Å². The minimum atomic E-state index is -0.452. The topological polar surface area (TPSA) is 92.9 Å². The summed E-state index contributed by atoms with van der Waals surface area (Å²) in [5.41, 5.74) is 5.42. The van der Waals surface area contributed by atoms with Crippen LogP contribution >= 0.6 is 11.8 Å². The Morgan fingerprint density at radius 1 is 1.40 bits per heavy atom. The van der Waals surface area contributed by atoms with Crippen molar-refractivity contribution < 1.29 is 0 Å². The largest absolute Gasteiger partial charge is 0.383 e. The lowest BCUT2D eigenvalue weighted by atomic mass is 10.2. The lowest BCUT2D eigenvalue weighted by molar-refractivity contribution is 0.698. The highest BCUT2D eigenvalue weighted by atomic mass is 32.2. The summed E-state index contributed by atoms with van der Waals surface area (Å²) < 4.78 is 1.38. The van der Waals surface area contributed by atoms with E-state index in [0.717, 1.165) is 25.0 Å². The number of thioether (sulfide) groups is 1. The van der Waals surface area contributed by atoms with Crippen LogP contribution in [0.1, 0.15) is 33.1 Å². The number of hydrogen-bond donors (Lipinski definition) is 3. The van der Waals surface area contributed by atoms with Gasteiger partial charge in [-0.25, -0.2) is 4.79 Å². The van der Waals surface area contributed by atoms with Crippen LogP contribution in [0.3, 0.4) is 0 Å². The van der Waals surface area contributed by atoms with E-state index in [1.807, 2.05) is 18.7 Å². The monoisotopic (exact) mass is 298 g/mol. The molecule has 1 aliphatic rings. The fraction of sp³-hybridized carbons (Fsp3) is 0.692. The number of nitrogens with two attached hydrogens (primary N) is 1. The van der Waals surface area contributed by atoms with Gasteiger partial charge in [0.1, 0.15) is 11.5 Å². The Balaban J connectivity index is 2.29. The average Bonchev–Trinajstić information content (AvgIpc) is 2.82. The summed E-state index contributed by atoms with van der Waals surface area (Å²) in [6.07, 6.45) is 3.34. The molecule has 1 saturated carbocycles. The molecule has 112 valence electrons. The number of rotatable bonds is 5. The number of nitrogens with one attached hydrogen (secondary N) is 2. The van der Waals surface area contributed by atoms with Gasteiger partial charge in [-0.05, 0) is 25.5 Å². The Labute approximate surface area is 122 Å². The Kier molecular flexibility index (Phi) is 4.80. The van der Waals surface area contributed by atoms with Gasteiger partial charge >= 0.3 is 5.69 Å². The molecule has 2 rings (SSSR count). The fourth-order valence-corrected chi connectivity index (χ4v) is 3.93. The zero-order valence-electron chi connectivity index (χ0n) is 11.9. The number of aromatic nitrogens is 2. The van der Waals surface area contributed by atoms with Crippen LogP contribution in [0.2, 0.25) is 0 Å². The first-order chi connectivity index (χ1) is 9.58. The van der Waals surface area contributed by atoms with E-state index in [1.165, 1.54) is 4.57 Å². The summed E-state index contributed by atoms with van der Waals surface area (Å²) in [4.78, 5) is 25.9. The van der Waals surface area contributed by atoms with Crippen LogP contribution in [0.15, 0.2) is 9.59 Å². The summed E-state index contributed by atoms with van der Waals surface area (Å²) in [7, 11) is 0. The molecule has 0 radical (unpaired) electrons. The maximum Gasteiger partial charge on any atom is 0.330 e. The van der Waals surface area contributed by atoms with Gasteiger partial charge in [-0.15, -0.1) is 0 Å². The molecule has 0 saturated heterocycles. The van der Waals surface area contributed by atoms with Crippen molar-refractivity contribution in [3.63, 3.8) is 0 Å². The van der Waals surface area contributed by atoms with E-state index in [4.69, 9.17) is 5.73 Å². The van der Waals surface area contributed by atoms with Crippen LogP contribution in [-0.2, 0) is 6.54 Å². The predicted octanol–water partition coefficient (Wildman–Crippen LogP) is 1.22. The Bertz CT molecular complexity index is 581. The van der Waals surface area contributed by atoms with Gasteiger partial charge in [-0.2, -0.15) is 11.8 Å². The number of nitrogen functional groups attached to an aromatic ring is 1. The van der Waals surface area contributed by atoms with Crippen molar-refractivity contribution in [3.05, 3.63) is 20.8 Å². The molecule has 1 fully saturated rings. The van der Waals surface area contributed by atoms with Crippen LogP contribution in [0, 0.1) is 0 Å². The second kappa shape index (κ2) is 6.39. The van der Waals surface area contributed by atoms with Crippen molar-refractivity contribution in [2.45, 2.75) is 50.9 Å². The highest BCUT2D eigenvalue weighted by Gasteiger charge is 2.28. The van der Waals surface area contributed by atoms with Crippen LogP contribution in [-0.4, -0.2) is 26.6 Å². The zero-order valence-corrected chi connectivity index (χ0v) is 12.8. The highest BCUT2D eigenvalue weighted by molar-refractivity contribution is 7.99. The van der Waals surface area contributed by atoms with Gasteiger partial charge in [0.2, 0.25) is 0 Å². The van der Waals surface area contributed by atoms with Crippen molar-refractivity contribution >= 4 is 23.3 Å². The second-order valence-corrected chi connectivity index (χ2v) is 6.46. The highest BCUT2D eigenvalue weighted by Crippen LogP contribution is 2.32. The molecule has 1 aromatic rings. The molecule has 2 unspecified atom stereocenters. The van der Waals surface area contributed by atoms with Crippen LogP contribution < -0.4 is 22.3 Å². The smallest absolute Gasteiger partial charge is 0.330 e. The lowest BCUT2D eigenvalue weighted by Crippen LogP contribution is -2.37. The van der Waals surface area contributed by atoms with Gasteiger partial charge in [0.25, 0.3) is 5.56 Å². The minimum Gasteiger partial charge on any atom is -0.383 e. The number of aromatic amines is 1. The maximum atomic E-state index is 12.0. The summed E-state index contributed by atoms with van der Waals surface area (Å²) in [5, 5.41) is 3.77. The molecule has 20 heavy (non-hydrogen) atoms. The number of H-pyrrole nitrogens is 1. The van der Waals surface area contributed by atoms with E-state index in [0.29, 0.717) is 17.5 Å². The van der Waals surface area contributed by atoms with Crippen molar-refractivity contribution in [1.82, 2.24) is 9.55 Å². The normalized spacial score (nSPS) is 22.1. The molecule has 1 aliphatic carbocycles. The summed E-state index contributed by atoms with van der Waals surface area (Å²) in [5.74, 6) is 1.29. The SMILES string of the molecule is CCSC1CCCC1Nc1c(N)n(CC)c(=O)[nH]c1=O. The molecule has 0 aromatic carbocycles. The third-order valence-corrected chi connectivity index (χ3v) is 5.04. The molecule has 1 aromatic heterocycles. The lowest BCUT2D eigenvalue weighted by Gasteiger charge is -2.22. The van der Waals surface area contributed by atoms with Gasteiger partial charge in [0.05, 0.1) is 0 Å². The first-order valence-electron chi connectivity index (χ1n) is 7.09. The number of nitrogens with zero attached hydrogens (tertiary/aromatic N) is 1. The van der Waals surface area contributed by atoms with Gasteiger partial charge < -0.3 is 11.1 Å². The first-order valence-corrected chi connectivity index (χ1v) is 8.14. The minimum absolute atomic E-state index is 0.230. The van der Waals surface area contributed by atoms with E-state index in [9.17, 15) is 9.59 Å². The zero-order chi connectivity index (χ0) is 14.7. The van der Waals surface area contributed by atoms with E-state index >= 15 is 0 Å². The van der Waals surface area contributed by atoms with E-state index in [-0.39, 0.29) is 11.9 Å². The molecular formula is C13H22N4O2S. The van der Waals surface area contributed by atoms with Crippen molar-refractivity contribution in [2.75, 3.05) is 16.8 Å². The Hall–Kier alpha value is -1.37. The van der Waals surface area contributed by atoms with Gasteiger partial charge in [-0.3, -0.25) is 14.3 Å². The average molecular weight is 298 g/mol. The molecule has 1 heterocycles. The molecule has 0 spiro atoms. The molecule has 0 aliphatic heterocycles. The van der Waals surface area contributed by atoms with Crippen molar-refractivity contribution in [3.8, 4) is 0 Å². The number of hydrogen-bond acceptors (Lipinski definition) is 5. The van der Waals surface area contributed by atoms with Crippen LogP contribution in [0.4, 0.5) is 11.5 Å². The van der Waals surface area contributed by atoms with Gasteiger partial charge in [0.15, 0.2) is 0 Å². The standard InChI is InChI=1S/C13H22N4O2S/c1-3-17-11(14)10(12(18)16-13(17)19)15-8-6-5-7-9(8)20-4-2/h8-9,15H,3-7,14H2,1-2H3,(H,16,18,19). The molecular weight excluding hydrogens is 276 g/mol. The fourth-order valence-electron chi connectivity index (χ4n) is 2.73. The summed E-state index contributed by atoms with van der Waals surface area (Å²) >= 11 is 1.91. The van der Waals surface area contributed by atoms with Gasteiger partial charge in [-0.1, -0.05) is 13.3 Å². The molecule has 6 nitrogen and oxygen atoms in total. The van der Waals surface area contributed by atoms with Crippen molar-refractivity contribution in [1.29, 1.82) is 0 Å². The summed E-state index contributed by atoms with van der Waals surface area (Å²) in [6, 6.07) is 0.242. The summed E-state index contributed by atoms with van der Waals surface area (Å²) in [6.45, 7) is 4.40. The van der Waals surface area contributed by atoms with Crippen LogP contribution in [0.25, 0.3) is 0 Å². The Morgan fingerprint density at radius 2 is 2.15 bits per heavy atom. The second-order valence-electron chi connectivity index (χ2n) is 4.94. The van der Waals surface area contributed by atoms with Crippen molar-refractivity contribution in [2.24, 2.45) is 0 Å². The van der Waals surface area contributed by atoms with E-state index in [2.05, 4.69) is 17.2 Å². The Morgan fingerprint density at radius 3 is 2.80 bits per heavy atom. The maximum absolute atomic E-state index is 12.0. The molecule has 0 amide bonds. The third kappa shape index (κ3) is 2.87. The first kappa shape index (κ1) is 15.0. The molecule has 2 atom stereocenters. The van der Waals surface area contributed by atoms with E-state index < -0.39 is 11.2 Å².